The number of hydrazone groups is 1. The van der Waals surface area contributed by atoms with Gasteiger partial charge in [-0.3, -0.25) is 4.79 Å². The molecular weight excluding hydrogens is 392 g/mol. The number of carbonyl (C=O) groups excluding carboxylic acids is 1. The highest BCUT2D eigenvalue weighted by Gasteiger charge is 2.07. The summed E-state index contributed by atoms with van der Waals surface area (Å²) in [6.45, 7) is 0. The summed E-state index contributed by atoms with van der Waals surface area (Å²) in [5.41, 5.74) is 4.35. The first kappa shape index (κ1) is 18.4. The van der Waals surface area contributed by atoms with Crippen LogP contribution in [0.1, 0.15) is 11.1 Å². The number of thioether (sulfide) groups is 1. The van der Waals surface area contributed by atoms with Gasteiger partial charge in [-0.15, -0.1) is 11.8 Å². The molecule has 2 aromatic rings. The Balaban J connectivity index is 1.81. The average Bonchev–Trinajstić information content (AvgIpc) is 2.59. The molecule has 2 N–H and O–H groups in total. The smallest absolute Gasteiger partial charge is 0.250 e. The molecule has 126 valence electrons. The van der Waals surface area contributed by atoms with Gasteiger partial charge in [0.25, 0.3) is 0 Å². The van der Waals surface area contributed by atoms with Crippen LogP contribution in [0.2, 0.25) is 0 Å². The van der Waals surface area contributed by atoms with Gasteiger partial charge in [0.15, 0.2) is 11.5 Å². The third kappa shape index (κ3) is 5.58. The van der Waals surface area contributed by atoms with E-state index in [0.29, 0.717) is 21.5 Å². The maximum absolute atomic E-state index is 11.7. The van der Waals surface area contributed by atoms with Gasteiger partial charge in [0, 0.05) is 5.75 Å². The van der Waals surface area contributed by atoms with E-state index in [1.807, 2.05) is 30.3 Å². The summed E-state index contributed by atoms with van der Waals surface area (Å²) in [6.07, 6.45) is 1.49. The summed E-state index contributed by atoms with van der Waals surface area (Å²) in [7, 11) is 1.47. The van der Waals surface area contributed by atoms with E-state index >= 15 is 0 Å². The summed E-state index contributed by atoms with van der Waals surface area (Å²) >= 11 is 4.76. The zero-order chi connectivity index (χ0) is 17.4. The number of ether oxygens (including phenoxy) is 1. The van der Waals surface area contributed by atoms with Crippen LogP contribution in [0.5, 0.6) is 11.5 Å². The lowest BCUT2D eigenvalue weighted by Gasteiger charge is -2.06. The van der Waals surface area contributed by atoms with Crippen LogP contribution in [-0.4, -0.2) is 30.1 Å². The van der Waals surface area contributed by atoms with Crippen molar-refractivity contribution in [1.82, 2.24) is 5.43 Å². The van der Waals surface area contributed by atoms with Crippen LogP contribution in [-0.2, 0) is 10.5 Å². The highest BCUT2D eigenvalue weighted by Crippen LogP contribution is 2.34. The van der Waals surface area contributed by atoms with Gasteiger partial charge in [-0.05, 0) is 39.2 Å². The summed E-state index contributed by atoms with van der Waals surface area (Å²) < 4.78 is 5.55. The number of benzene rings is 2. The van der Waals surface area contributed by atoms with E-state index in [2.05, 4.69) is 26.5 Å². The molecule has 1 amide bonds. The quantitative estimate of drug-likeness (QED) is 0.542. The molecule has 0 saturated heterocycles. The van der Waals surface area contributed by atoms with Crippen LogP contribution in [0.3, 0.4) is 0 Å². The Kier molecular flexibility index (Phi) is 7.14. The van der Waals surface area contributed by atoms with Gasteiger partial charge >= 0.3 is 0 Å². The van der Waals surface area contributed by atoms with Crippen molar-refractivity contribution < 1.29 is 14.6 Å². The molecule has 0 aliphatic heterocycles. The summed E-state index contributed by atoms with van der Waals surface area (Å²) in [6, 6.07) is 13.3. The number of nitrogens with one attached hydrogen (secondary N) is 1. The van der Waals surface area contributed by atoms with Crippen LogP contribution in [0.4, 0.5) is 0 Å². The van der Waals surface area contributed by atoms with E-state index in [0.717, 1.165) is 5.75 Å². The molecule has 0 spiro atoms. The number of amides is 1. The second kappa shape index (κ2) is 9.34. The number of carbonyl (C=O) groups is 1. The second-order valence-corrected chi connectivity index (χ2v) is 6.67. The van der Waals surface area contributed by atoms with Gasteiger partial charge in [-0.2, -0.15) is 5.10 Å². The Labute approximate surface area is 153 Å². The fourth-order valence-corrected chi connectivity index (χ4v) is 3.11. The summed E-state index contributed by atoms with van der Waals surface area (Å²) in [4.78, 5) is 11.7. The van der Waals surface area contributed by atoms with Crippen molar-refractivity contribution in [2.45, 2.75) is 5.75 Å². The van der Waals surface area contributed by atoms with Gasteiger partial charge in [0.2, 0.25) is 5.91 Å². The normalized spacial score (nSPS) is 10.8. The molecule has 2 aromatic carbocycles. The monoisotopic (exact) mass is 408 g/mol. The lowest BCUT2D eigenvalue weighted by atomic mass is 10.2. The number of aromatic hydroxyl groups is 1. The van der Waals surface area contributed by atoms with Gasteiger partial charge in [-0.25, -0.2) is 5.43 Å². The zero-order valence-corrected chi connectivity index (χ0v) is 15.4. The molecule has 0 heterocycles. The molecule has 7 heteroatoms. The van der Waals surface area contributed by atoms with Crippen molar-refractivity contribution in [3.05, 3.63) is 58.1 Å². The molecule has 0 aromatic heterocycles. The van der Waals surface area contributed by atoms with Crippen LogP contribution >= 0.6 is 27.7 Å². The van der Waals surface area contributed by atoms with E-state index in [-0.39, 0.29) is 11.7 Å². The van der Waals surface area contributed by atoms with Crippen LogP contribution in [0, 0.1) is 0 Å². The lowest BCUT2D eigenvalue weighted by molar-refractivity contribution is -0.118. The number of phenolic OH excluding ortho intramolecular Hbond substituents is 1. The molecule has 2 rings (SSSR count). The third-order valence-electron chi connectivity index (χ3n) is 3.02. The molecule has 0 aliphatic rings. The fraction of sp³-hybridized carbons (Fsp3) is 0.176. The molecule has 24 heavy (non-hydrogen) atoms. The SMILES string of the molecule is COc1cc(/C=N\NC(=O)CSCc2ccccc2)cc(Br)c1O. The molecule has 0 unspecified atom stereocenters. The maximum atomic E-state index is 11.7. The van der Waals surface area contributed by atoms with E-state index < -0.39 is 0 Å². The molecule has 0 fully saturated rings. The largest absolute Gasteiger partial charge is 0.503 e. The molecule has 0 bridgehead atoms. The highest BCUT2D eigenvalue weighted by molar-refractivity contribution is 9.10. The van der Waals surface area contributed by atoms with E-state index in [1.165, 1.54) is 30.6 Å². The van der Waals surface area contributed by atoms with Gasteiger partial charge in [-0.1, -0.05) is 30.3 Å². The fourth-order valence-electron chi connectivity index (χ4n) is 1.87. The van der Waals surface area contributed by atoms with Crippen molar-refractivity contribution in [3.8, 4) is 11.5 Å². The minimum atomic E-state index is -0.169. The van der Waals surface area contributed by atoms with Gasteiger partial charge in [0.1, 0.15) is 0 Å². The van der Waals surface area contributed by atoms with Crippen molar-refractivity contribution in [2.24, 2.45) is 5.10 Å². The van der Waals surface area contributed by atoms with Gasteiger partial charge in [0.05, 0.1) is 23.5 Å². The molecule has 0 aliphatic carbocycles. The number of hydrogen-bond donors (Lipinski definition) is 2. The zero-order valence-electron chi connectivity index (χ0n) is 13.0. The average molecular weight is 409 g/mol. The number of hydrogen-bond acceptors (Lipinski definition) is 5. The van der Waals surface area contributed by atoms with Crippen molar-refractivity contribution in [1.29, 1.82) is 0 Å². The minimum absolute atomic E-state index is 0.0241. The Bertz CT molecular complexity index is 723. The number of rotatable bonds is 7. The first-order valence-corrected chi connectivity index (χ1v) is 9.05. The first-order chi connectivity index (χ1) is 11.6. The highest BCUT2D eigenvalue weighted by atomic mass is 79.9. The van der Waals surface area contributed by atoms with E-state index in [4.69, 9.17) is 4.74 Å². The van der Waals surface area contributed by atoms with E-state index in [9.17, 15) is 9.90 Å². The lowest BCUT2D eigenvalue weighted by Crippen LogP contribution is -2.19. The maximum Gasteiger partial charge on any atom is 0.250 e. The molecule has 0 atom stereocenters. The van der Waals surface area contributed by atoms with E-state index in [1.54, 1.807) is 12.1 Å². The Morgan fingerprint density at radius 3 is 2.83 bits per heavy atom. The predicted molar refractivity (Wildman–Crippen MR) is 101 cm³/mol. The summed E-state index contributed by atoms with van der Waals surface area (Å²) in [5.74, 6) is 1.29. The summed E-state index contributed by atoms with van der Waals surface area (Å²) in [5, 5.41) is 13.7. The standard InChI is InChI=1S/C17H17BrN2O3S/c1-23-15-8-13(7-14(18)17(15)22)9-19-20-16(21)11-24-10-12-5-3-2-4-6-12/h2-9,22H,10-11H2,1H3,(H,20,21)/b19-9-. The minimum Gasteiger partial charge on any atom is -0.503 e. The third-order valence-corrected chi connectivity index (χ3v) is 4.63. The molecular formula is C17H17BrN2O3S. The second-order valence-electron chi connectivity index (χ2n) is 4.83. The van der Waals surface area contributed by atoms with Crippen molar-refractivity contribution in [2.75, 3.05) is 12.9 Å². The van der Waals surface area contributed by atoms with Crippen molar-refractivity contribution >= 4 is 39.8 Å². The Hall–Kier alpha value is -1.99. The van der Waals surface area contributed by atoms with Crippen LogP contribution in [0.25, 0.3) is 0 Å². The molecule has 5 nitrogen and oxygen atoms in total. The molecule has 0 radical (unpaired) electrons. The van der Waals surface area contributed by atoms with Crippen molar-refractivity contribution in [3.63, 3.8) is 0 Å². The predicted octanol–water partition coefficient (Wildman–Crippen LogP) is 3.55. The number of halogens is 1. The Morgan fingerprint density at radius 2 is 2.12 bits per heavy atom. The molecule has 0 saturated carbocycles. The topological polar surface area (TPSA) is 70.9 Å². The number of nitrogens with zero attached hydrogens (tertiary/aromatic N) is 1. The Morgan fingerprint density at radius 1 is 1.38 bits per heavy atom. The van der Waals surface area contributed by atoms with Crippen LogP contribution in [0.15, 0.2) is 52.0 Å². The number of methoxy groups -OCH3 is 1. The first-order valence-electron chi connectivity index (χ1n) is 7.10. The van der Waals surface area contributed by atoms with Crippen LogP contribution < -0.4 is 10.2 Å². The number of phenols is 1. The van der Waals surface area contributed by atoms with Gasteiger partial charge < -0.3 is 9.84 Å².